The second kappa shape index (κ2) is 5.84. The van der Waals surface area contributed by atoms with Crippen molar-refractivity contribution in [2.75, 3.05) is 25.4 Å². The number of anilines is 1. The average Bonchev–Trinajstić information content (AvgIpc) is 2.78. The predicted octanol–water partition coefficient (Wildman–Crippen LogP) is -0.356. The third-order valence-corrected chi connectivity index (χ3v) is 3.21. The van der Waals surface area contributed by atoms with Gasteiger partial charge in [0.1, 0.15) is 18.2 Å². The summed E-state index contributed by atoms with van der Waals surface area (Å²) >= 11 is 0. The molecule has 0 aliphatic carbocycles. The molecule has 10 heteroatoms. The van der Waals surface area contributed by atoms with Crippen LogP contribution in [0.1, 0.15) is 0 Å². The Morgan fingerprint density at radius 1 is 1.50 bits per heavy atom. The van der Waals surface area contributed by atoms with E-state index in [-0.39, 0.29) is 25.3 Å². The number of imidazole rings is 1. The number of nitrogens with two attached hydrogens (primary N) is 1. The minimum Gasteiger partial charge on any atom is -0.394 e. The molecule has 2 rings (SSSR count). The van der Waals surface area contributed by atoms with E-state index in [2.05, 4.69) is 15.0 Å². The average molecular weight is 301 g/mol. The van der Waals surface area contributed by atoms with Crippen LogP contribution < -0.4 is 5.73 Å². The third kappa shape index (κ3) is 3.51. The lowest BCUT2D eigenvalue weighted by atomic mass is 10.3. The van der Waals surface area contributed by atoms with Crippen LogP contribution in [0.5, 0.6) is 0 Å². The number of hydrogen-bond acceptors (Lipinski definition) is 7. The molecule has 20 heavy (non-hydrogen) atoms. The van der Waals surface area contributed by atoms with Crippen LogP contribution in [0.3, 0.4) is 0 Å². The zero-order valence-electron chi connectivity index (χ0n) is 10.9. The van der Waals surface area contributed by atoms with E-state index in [1.54, 1.807) is 4.57 Å². The predicted molar refractivity (Wildman–Crippen MR) is 72.3 cm³/mol. The number of fused-ring (bicyclic) bond motifs is 1. The van der Waals surface area contributed by atoms with Gasteiger partial charge in [-0.2, -0.15) is 0 Å². The number of aliphatic hydroxyl groups excluding tert-OH is 1. The molecule has 2 atom stereocenters. The van der Waals surface area contributed by atoms with Crippen LogP contribution in [0.4, 0.5) is 5.82 Å². The first-order valence-electron chi connectivity index (χ1n) is 5.84. The minimum absolute atomic E-state index is 0.240. The molecule has 110 valence electrons. The lowest BCUT2D eigenvalue weighted by Crippen LogP contribution is -2.24. The van der Waals surface area contributed by atoms with E-state index in [9.17, 15) is 14.6 Å². The maximum absolute atomic E-state index is 11.2. The molecule has 0 aliphatic heterocycles. The van der Waals surface area contributed by atoms with Crippen LogP contribution in [0.15, 0.2) is 12.7 Å². The monoisotopic (exact) mass is 301 g/mol. The molecule has 0 aromatic carbocycles. The Kier molecular flexibility index (Phi) is 4.34. The summed E-state index contributed by atoms with van der Waals surface area (Å²) in [6.07, 6.45) is 1.87. The van der Waals surface area contributed by atoms with Gasteiger partial charge in [-0.25, -0.2) is 15.0 Å². The van der Waals surface area contributed by atoms with Gasteiger partial charge in [0.15, 0.2) is 11.5 Å². The SMILES string of the molecule is CP(=O)(O)CO[C@H](CO)Cn1cnc2c(N)ncnc21. The normalized spacial score (nSPS) is 16.1. The largest absolute Gasteiger partial charge is 0.394 e. The first-order chi connectivity index (χ1) is 9.40. The summed E-state index contributed by atoms with van der Waals surface area (Å²) in [4.78, 5) is 21.2. The highest BCUT2D eigenvalue weighted by Gasteiger charge is 2.17. The topological polar surface area (TPSA) is 136 Å². The van der Waals surface area contributed by atoms with Gasteiger partial charge in [-0.1, -0.05) is 0 Å². The van der Waals surface area contributed by atoms with Gasteiger partial charge in [0.05, 0.1) is 25.6 Å². The van der Waals surface area contributed by atoms with E-state index < -0.39 is 13.5 Å². The quantitative estimate of drug-likeness (QED) is 0.615. The molecular formula is C10H16N5O4P. The third-order valence-electron chi connectivity index (χ3n) is 2.58. The molecule has 0 spiro atoms. The highest BCUT2D eigenvalue weighted by molar-refractivity contribution is 7.56. The van der Waals surface area contributed by atoms with Crippen LogP contribution in [0.25, 0.3) is 11.2 Å². The number of rotatable bonds is 6. The Balaban J connectivity index is 2.14. The van der Waals surface area contributed by atoms with E-state index in [4.69, 9.17) is 10.5 Å². The fourth-order valence-corrected chi connectivity index (χ4v) is 2.15. The molecular weight excluding hydrogens is 285 g/mol. The Labute approximate surface area is 114 Å². The van der Waals surface area contributed by atoms with Crippen molar-refractivity contribution in [3.8, 4) is 0 Å². The van der Waals surface area contributed by atoms with Gasteiger partial charge in [0.25, 0.3) is 0 Å². The molecule has 2 aromatic rings. The summed E-state index contributed by atoms with van der Waals surface area (Å²) in [6, 6.07) is 0. The molecule has 0 bridgehead atoms. The van der Waals surface area contributed by atoms with E-state index in [0.29, 0.717) is 11.2 Å². The van der Waals surface area contributed by atoms with Crippen molar-refractivity contribution in [3.05, 3.63) is 12.7 Å². The number of nitrogens with zero attached hydrogens (tertiary/aromatic N) is 4. The molecule has 2 aromatic heterocycles. The van der Waals surface area contributed by atoms with Crippen molar-refractivity contribution in [2.24, 2.45) is 0 Å². The highest BCUT2D eigenvalue weighted by atomic mass is 31.2. The molecule has 9 nitrogen and oxygen atoms in total. The van der Waals surface area contributed by atoms with Gasteiger partial charge in [-0.3, -0.25) is 4.57 Å². The van der Waals surface area contributed by atoms with Gasteiger partial charge < -0.3 is 25.0 Å². The molecule has 1 unspecified atom stereocenters. The van der Waals surface area contributed by atoms with Crippen LogP contribution in [-0.4, -0.2) is 55.2 Å². The van der Waals surface area contributed by atoms with Crippen LogP contribution in [0, 0.1) is 0 Å². The molecule has 0 amide bonds. The summed E-state index contributed by atoms with van der Waals surface area (Å²) < 4.78 is 18.1. The zero-order valence-corrected chi connectivity index (χ0v) is 11.8. The van der Waals surface area contributed by atoms with E-state index in [0.717, 1.165) is 0 Å². The summed E-state index contributed by atoms with van der Waals surface area (Å²) in [7, 11) is -3.28. The minimum atomic E-state index is -3.28. The van der Waals surface area contributed by atoms with E-state index >= 15 is 0 Å². The van der Waals surface area contributed by atoms with Gasteiger partial charge >= 0.3 is 0 Å². The number of hydrogen-bond donors (Lipinski definition) is 3. The second-order valence-electron chi connectivity index (χ2n) is 4.48. The Morgan fingerprint density at radius 2 is 2.25 bits per heavy atom. The number of ether oxygens (including phenoxy) is 1. The molecule has 0 aliphatic rings. The zero-order chi connectivity index (χ0) is 14.8. The van der Waals surface area contributed by atoms with Crippen LogP contribution >= 0.6 is 7.37 Å². The molecule has 0 radical (unpaired) electrons. The Morgan fingerprint density at radius 3 is 2.90 bits per heavy atom. The summed E-state index contributed by atoms with van der Waals surface area (Å²) in [5, 5.41) is 9.26. The molecule has 0 saturated heterocycles. The fourth-order valence-electron chi connectivity index (χ4n) is 1.66. The molecule has 4 N–H and O–H groups in total. The van der Waals surface area contributed by atoms with E-state index in [1.165, 1.54) is 19.3 Å². The maximum atomic E-state index is 11.2. The van der Waals surface area contributed by atoms with Crippen LogP contribution in [-0.2, 0) is 15.8 Å². The van der Waals surface area contributed by atoms with Crippen molar-refractivity contribution >= 4 is 24.4 Å². The first kappa shape index (κ1) is 14.9. The van der Waals surface area contributed by atoms with Crippen molar-refractivity contribution in [2.45, 2.75) is 12.6 Å². The lowest BCUT2D eigenvalue weighted by Gasteiger charge is -2.17. The van der Waals surface area contributed by atoms with E-state index in [1.807, 2.05) is 0 Å². The van der Waals surface area contributed by atoms with Crippen molar-refractivity contribution < 1.29 is 19.3 Å². The fraction of sp³-hybridized carbons (Fsp3) is 0.500. The maximum Gasteiger partial charge on any atom is 0.222 e. The van der Waals surface area contributed by atoms with Crippen LogP contribution in [0.2, 0.25) is 0 Å². The standard InChI is InChI=1S/C10H16N5O4P/c1-20(17,18)6-19-7(3-16)2-15-5-14-8-9(11)12-4-13-10(8)15/h4-5,7,16H,2-3,6H2,1H3,(H,17,18)(H2,11,12,13)/t7-/m0/s1. The Bertz CT molecular complexity index is 640. The molecule has 0 fully saturated rings. The van der Waals surface area contributed by atoms with Crippen molar-refractivity contribution in [1.29, 1.82) is 0 Å². The van der Waals surface area contributed by atoms with Gasteiger partial charge in [-0.15, -0.1) is 0 Å². The number of aromatic nitrogens is 4. The Hall–Kier alpha value is -1.54. The summed E-state index contributed by atoms with van der Waals surface area (Å²) in [6.45, 7) is 1.14. The summed E-state index contributed by atoms with van der Waals surface area (Å²) in [5.41, 5.74) is 6.65. The molecule has 0 saturated carbocycles. The number of aliphatic hydroxyl groups is 1. The first-order valence-corrected chi connectivity index (χ1v) is 8.13. The number of nitrogen functional groups attached to an aromatic ring is 1. The van der Waals surface area contributed by atoms with Gasteiger partial charge in [0.2, 0.25) is 7.37 Å². The lowest BCUT2D eigenvalue weighted by molar-refractivity contribution is 0.0239. The molecule has 2 heterocycles. The van der Waals surface area contributed by atoms with Crippen molar-refractivity contribution in [1.82, 2.24) is 19.5 Å². The summed E-state index contributed by atoms with van der Waals surface area (Å²) in [5.74, 6) is 0.267. The van der Waals surface area contributed by atoms with Crippen molar-refractivity contribution in [3.63, 3.8) is 0 Å². The smallest absolute Gasteiger partial charge is 0.222 e. The van der Waals surface area contributed by atoms with Gasteiger partial charge in [0, 0.05) is 6.66 Å². The van der Waals surface area contributed by atoms with Gasteiger partial charge in [-0.05, 0) is 0 Å². The second-order valence-corrected chi connectivity index (χ2v) is 6.84. The highest BCUT2D eigenvalue weighted by Crippen LogP contribution is 2.35.